The van der Waals surface area contributed by atoms with Crippen LogP contribution in [-0.4, -0.2) is 24.0 Å². The highest BCUT2D eigenvalue weighted by molar-refractivity contribution is 7.63. The molecule has 0 radical (unpaired) electrons. The molecule has 1 N–H and O–H groups in total. The van der Waals surface area contributed by atoms with Crippen LogP contribution in [0.15, 0.2) is 11.4 Å². The first-order valence-electron chi connectivity index (χ1n) is 3.69. The molecule has 0 bridgehead atoms. The van der Waals surface area contributed by atoms with Gasteiger partial charge >= 0.3 is 0 Å². The molecule has 0 saturated carbocycles. The fraction of sp³-hybridized carbons (Fsp3) is 0.714. The summed E-state index contributed by atoms with van der Waals surface area (Å²) in [5.74, 6) is 0. The van der Waals surface area contributed by atoms with Gasteiger partial charge in [0.25, 0.3) is 0 Å². The van der Waals surface area contributed by atoms with Gasteiger partial charge in [0.1, 0.15) is 0 Å². The molecule has 1 heterocycles. The van der Waals surface area contributed by atoms with Crippen LogP contribution in [0, 0.1) is 0 Å². The zero-order chi connectivity index (χ0) is 8.48. The zero-order valence-electron chi connectivity index (χ0n) is 6.78. The van der Waals surface area contributed by atoms with Gasteiger partial charge in [0.15, 0.2) is 0 Å². The second-order valence-electron chi connectivity index (χ2n) is 2.65. The van der Waals surface area contributed by atoms with E-state index < -0.39 is 13.5 Å². The molecule has 0 aromatic heterocycles. The smallest absolute Gasteiger partial charge is 0.230 e. The monoisotopic (exact) mass is 176 g/mol. The van der Waals surface area contributed by atoms with Gasteiger partial charge in [0.05, 0.1) is 18.9 Å². The number of hydrogen-bond donors (Lipinski definition) is 1. The average Bonchev–Trinajstić information content (AvgIpc) is 2.08. The van der Waals surface area contributed by atoms with Crippen LogP contribution in [-0.2, 0) is 9.09 Å². The van der Waals surface area contributed by atoms with E-state index in [1.54, 1.807) is 19.9 Å². The Balaban J connectivity index is 2.75. The molecule has 2 unspecified atom stereocenters. The van der Waals surface area contributed by atoms with Crippen molar-refractivity contribution in [2.45, 2.75) is 20.0 Å². The Kier molecular flexibility index (Phi) is 2.53. The lowest BCUT2D eigenvalue weighted by molar-refractivity contribution is 0.243. The molecule has 64 valence electrons. The van der Waals surface area contributed by atoms with Gasteiger partial charge in [-0.2, -0.15) is 0 Å². The summed E-state index contributed by atoms with van der Waals surface area (Å²) in [5, 5.41) is 9.83. The maximum atomic E-state index is 11.7. The first-order chi connectivity index (χ1) is 5.08. The Labute approximate surface area is 66.5 Å². The highest BCUT2D eigenvalue weighted by Crippen LogP contribution is 2.58. The largest absolute Gasteiger partial charge is 0.388 e. The summed E-state index contributed by atoms with van der Waals surface area (Å²) < 4.78 is 16.8. The number of aliphatic hydroxyl groups excluding tert-OH is 1. The van der Waals surface area contributed by atoms with E-state index in [1.165, 1.54) is 0 Å². The van der Waals surface area contributed by atoms with Gasteiger partial charge in [-0.25, -0.2) is 0 Å². The van der Waals surface area contributed by atoms with E-state index in [0.29, 0.717) is 11.9 Å². The van der Waals surface area contributed by atoms with Crippen molar-refractivity contribution in [3.05, 3.63) is 11.4 Å². The van der Waals surface area contributed by atoms with E-state index in [9.17, 15) is 4.57 Å². The van der Waals surface area contributed by atoms with Crippen LogP contribution in [0.1, 0.15) is 13.8 Å². The lowest BCUT2D eigenvalue weighted by Gasteiger charge is -2.12. The first kappa shape index (κ1) is 8.98. The van der Waals surface area contributed by atoms with E-state index in [1.807, 2.05) is 0 Å². The molecule has 0 saturated heterocycles. The Morgan fingerprint density at radius 2 is 2.55 bits per heavy atom. The van der Waals surface area contributed by atoms with E-state index in [0.717, 1.165) is 0 Å². The molecule has 0 amide bonds. The average molecular weight is 176 g/mol. The van der Waals surface area contributed by atoms with Crippen LogP contribution in [0.25, 0.3) is 0 Å². The number of allylic oxidation sites excluding steroid dienone is 1. The maximum absolute atomic E-state index is 11.7. The molecule has 1 aliphatic rings. The molecule has 1 aliphatic heterocycles. The van der Waals surface area contributed by atoms with Crippen molar-refractivity contribution in [2.24, 2.45) is 0 Å². The first-order valence-corrected chi connectivity index (χ1v) is 5.50. The Morgan fingerprint density at radius 1 is 1.91 bits per heavy atom. The van der Waals surface area contributed by atoms with Gasteiger partial charge in [-0.3, -0.25) is 4.57 Å². The van der Waals surface area contributed by atoms with Gasteiger partial charge in [-0.05, 0) is 19.9 Å². The van der Waals surface area contributed by atoms with Gasteiger partial charge < -0.3 is 9.63 Å². The quantitative estimate of drug-likeness (QED) is 0.649. The summed E-state index contributed by atoms with van der Waals surface area (Å²) in [4.78, 5) is 0. The van der Waals surface area contributed by atoms with Gasteiger partial charge in [-0.15, -0.1) is 0 Å². The lowest BCUT2D eigenvalue weighted by Crippen LogP contribution is -2.03. The maximum Gasteiger partial charge on any atom is 0.230 e. The van der Waals surface area contributed by atoms with E-state index in [2.05, 4.69) is 0 Å². The van der Waals surface area contributed by atoms with Crippen molar-refractivity contribution in [2.75, 3.05) is 12.8 Å². The summed E-state index contributed by atoms with van der Waals surface area (Å²) in [6, 6.07) is 0. The predicted molar refractivity (Wildman–Crippen MR) is 43.9 cm³/mol. The molecule has 1 rings (SSSR count). The van der Waals surface area contributed by atoms with Crippen molar-refractivity contribution >= 4 is 7.37 Å². The number of aliphatic hydroxyl groups is 1. The van der Waals surface area contributed by atoms with Crippen molar-refractivity contribution in [1.29, 1.82) is 0 Å². The van der Waals surface area contributed by atoms with Crippen LogP contribution >= 0.6 is 7.37 Å². The van der Waals surface area contributed by atoms with E-state index in [4.69, 9.17) is 9.63 Å². The summed E-state index contributed by atoms with van der Waals surface area (Å²) in [6.45, 7) is 3.99. The van der Waals surface area contributed by atoms with Crippen molar-refractivity contribution in [3.8, 4) is 0 Å². The van der Waals surface area contributed by atoms with Crippen molar-refractivity contribution < 1.29 is 14.2 Å². The van der Waals surface area contributed by atoms with Gasteiger partial charge in [0.2, 0.25) is 7.37 Å². The third kappa shape index (κ3) is 1.73. The van der Waals surface area contributed by atoms with Crippen molar-refractivity contribution in [3.63, 3.8) is 0 Å². The highest BCUT2D eigenvalue weighted by atomic mass is 31.2. The minimum atomic E-state index is -2.61. The number of rotatable bonds is 2. The second-order valence-corrected chi connectivity index (χ2v) is 5.32. The van der Waals surface area contributed by atoms with Crippen LogP contribution < -0.4 is 0 Å². The lowest BCUT2D eigenvalue weighted by atomic mass is 10.4. The third-order valence-corrected chi connectivity index (χ3v) is 4.49. The van der Waals surface area contributed by atoms with Gasteiger partial charge in [0, 0.05) is 5.31 Å². The molecular formula is C7H13O3P. The molecule has 4 heteroatoms. The van der Waals surface area contributed by atoms with E-state index in [-0.39, 0.29) is 6.16 Å². The van der Waals surface area contributed by atoms with Crippen LogP contribution in [0.4, 0.5) is 0 Å². The zero-order valence-corrected chi connectivity index (χ0v) is 7.67. The summed E-state index contributed by atoms with van der Waals surface area (Å²) in [5.41, 5.74) is 0. The topological polar surface area (TPSA) is 46.5 Å². The molecular weight excluding hydrogens is 163 g/mol. The van der Waals surface area contributed by atoms with E-state index >= 15 is 0 Å². The minimum Gasteiger partial charge on any atom is -0.388 e. The van der Waals surface area contributed by atoms with Gasteiger partial charge in [-0.1, -0.05) is 0 Å². The standard InChI is InChI=1S/C7H13O3P/c1-3-10-11(9)5-7(8)4-6(11)2/h4,7-8H,3,5H2,1-2H3. The summed E-state index contributed by atoms with van der Waals surface area (Å²) >= 11 is 0. The van der Waals surface area contributed by atoms with Crippen molar-refractivity contribution in [1.82, 2.24) is 0 Å². The molecule has 0 spiro atoms. The minimum absolute atomic E-state index is 0.257. The SMILES string of the molecule is CCOP1(=O)CC(O)C=C1C. The Bertz CT molecular complexity index is 222. The molecule has 2 atom stereocenters. The second kappa shape index (κ2) is 3.10. The molecule has 0 aromatic rings. The van der Waals surface area contributed by atoms with Crippen LogP contribution in [0.5, 0.6) is 0 Å². The molecule has 0 fully saturated rings. The van der Waals surface area contributed by atoms with Crippen LogP contribution in [0.3, 0.4) is 0 Å². The molecule has 0 aromatic carbocycles. The normalized spacial score (nSPS) is 37.4. The molecule has 0 aliphatic carbocycles. The predicted octanol–water partition coefficient (Wildman–Crippen LogP) is 1.58. The Hall–Kier alpha value is -0.110. The summed E-state index contributed by atoms with van der Waals surface area (Å²) in [7, 11) is -2.61. The van der Waals surface area contributed by atoms with Crippen LogP contribution in [0.2, 0.25) is 0 Å². The fourth-order valence-electron chi connectivity index (χ4n) is 1.20. The third-order valence-electron chi connectivity index (χ3n) is 1.74. The molecule has 11 heavy (non-hydrogen) atoms. The fourth-order valence-corrected chi connectivity index (χ4v) is 3.21. The molecule has 3 nitrogen and oxygen atoms in total. The highest BCUT2D eigenvalue weighted by Gasteiger charge is 2.33. The Morgan fingerprint density at radius 3 is 2.91 bits per heavy atom. The number of hydrogen-bond acceptors (Lipinski definition) is 3. The summed E-state index contributed by atoms with van der Waals surface area (Å²) in [6.07, 6.45) is 1.29.